The van der Waals surface area contributed by atoms with Gasteiger partial charge in [0.1, 0.15) is 0 Å². The van der Waals surface area contributed by atoms with Crippen molar-refractivity contribution in [3.63, 3.8) is 0 Å². The van der Waals surface area contributed by atoms with Gasteiger partial charge in [-0.15, -0.1) is 11.8 Å². The Morgan fingerprint density at radius 2 is 1.67 bits per heavy atom. The van der Waals surface area contributed by atoms with Gasteiger partial charge >= 0.3 is 23.1 Å². The van der Waals surface area contributed by atoms with Gasteiger partial charge in [-0.3, -0.25) is 0 Å². The van der Waals surface area contributed by atoms with Crippen molar-refractivity contribution in [1.29, 1.82) is 0 Å². The summed E-state index contributed by atoms with van der Waals surface area (Å²) in [5, 5.41) is 0. The molecule has 0 nitrogen and oxygen atoms in total. The topological polar surface area (TPSA) is 0 Å². The van der Waals surface area contributed by atoms with Crippen LogP contribution in [-0.4, -0.2) is 29.3 Å². The van der Waals surface area contributed by atoms with Gasteiger partial charge in [0.2, 0.25) is 0 Å². The molecule has 0 N–H and O–H groups in total. The zero-order valence-electron chi connectivity index (χ0n) is 5.50. The van der Waals surface area contributed by atoms with Crippen LogP contribution in [0.15, 0.2) is 35.2 Å². The molecule has 0 aliphatic heterocycles. The second kappa shape index (κ2) is 5.15. The third kappa shape index (κ3) is 3.13. The zero-order chi connectivity index (χ0) is 5.82. The molecule has 1 aromatic carbocycles. The molecule has 0 spiro atoms. The number of benzene rings is 1. The van der Waals surface area contributed by atoms with Crippen molar-refractivity contribution in [3.8, 4) is 0 Å². The van der Waals surface area contributed by atoms with Crippen LogP contribution in [0.2, 0.25) is 0 Å². The van der Waals surface area contributed by atoms with E-state index in [-0.39, 0.29) is 23.1 Å². The fourth-order valence-electron chi connectivity index (χ4n) is 0.557. The molecule has 0 aliphatic carbocycles. The summed E-state index contributed by atoms with van der Waals surface area (Å²) in [5.41, 5.74) is 0. The van der Waals surface area contributed by atoms with Crippen LogP contribution in [0.5, 0.6) is 0 Å². The Bertz CT molecular complexity index is 150. The third-order valence-corrected chi connectivity index (χ3v) is 1.72. The predicted molar refractivity (Wildman–Crippen MR) is 44.0 cm³/mol. The van der Waals surface area contributed by atoms with Crippen molar-refractivity contribution < 1.29 is 0 Å². The van der Waals surface area contributed by atoms with E-state index in [1.807, 2.05) is 18.2 Å². The van der Waals surface area contributed by atoms with Crippen LogP contribution in [0.25, 0.3) is 0 Å². The van der Waals surface area contributed by atoms with Crippen molar-refractivity contribution in [3.05, 3.63) is 30.3 Å². The normalized spacial score (nSPS) is 8.11. The summed E-state index contributed by atoms with van der Waals surface area (Å²) in [6, 6.07) is 10.3. The summed E-state index contributed by atoms with van der Waals surface area (Å²) in [5.74, 6) is 0. The standard InChI is InChI=1S/C7H8S.Mg/c1-8-7-5-3-2-4-6-7;/h2-6H,1H3;/q;+2. The molecule has 0 saturated carbocycles. The maximum absolute atomic E-state index is 2.10. The molecular weight excluding hydrogens is 140 g/mol. The summed E-state index contributed by atoms with van der Waals surface area (Å²) in [7, 11) is 0. The van der Waals surface area contributed by atoms with Crippen LogP contribution in [0, 0.1) is 0 Å². The van der Waals surface area contributed by atoms with Gasteiger partial charge in [0.15, 0.2) is 0 Å². The van der Waals surface area contributed by atoms with Crippen LogP contribution >= 0.6 is 11.8 Å². The smallest absolute Gasteiger partial charge is 0.130 e. The number of hydrogen-bond acceptors (Lipinski definition) is 1. The van der Waals surface area contributed by atoms with Gasteiger partial charge in [-0.1, -0.05) is 18.2 Å². The van der Waals surface area contributed by atoms with E-state index in [0.717, 1.165) is 0 Å². The fourth-order valence-corrected chi connectivity index (χ4v) is 0.986. The van der Waals surface area contributed by atoms with Crippen LogP contribution in [0.4, 0.5) is 0 Å². The van der Waals surface area contributed by atoms with E-state index in [1.54, 1.807) is 11.8 Å². The van der Waals surface area contributed by atoms with Crippen molar-refractivity contribution in [2.24, 2.45) is 0 Å². The molecule has 0 heterocycles. The molecule has 2 heteroatoms. The van der Waals surface area contributed by atoms with Gasteiger partial charge in [0, 0.05) is 4.90 Å². The second-order valence-corrected chi connectivity index (χ2v) is 2.40. The van der Waals surface area contributed by atoms with E-state index >= 15 is 0 Å². The summed E-state index contributed by atoms with van der Waals surface area (Å²) in [6.45, 7) is 0. The minimum Gasteiger partial charge on any atom is -0.130 e. The second-order valence-electron chi connectivity index (χ2n) is 1.52. The van der Waals surface area contributed by atoms with Gasteiger partial charge in [0.25, 0.3) is 0 Å². The largest absolute Gasteiger partial charge is 2.00 e. The first-order valence-electron chi connectivity index (χ1n) is 2.52. The SMILES string of the molecule is CSc1ccccc1.[Mg+2]. The van der Waals surface area contributed by atoms with E-state index < -0.39 is 0 Å². The Hall–Kier alpha value is 0.336. The summed E-state index contributed by atoms with van der Waals surface area (Å²) < 4.78 is 0. The molecule has 0 unspecified atom stereocenters. The average molecular weight is 149 g/mol. The van der Waals surface area contributed by atoms with Crippen LogP contribution in [-0.2, 0) is 0 Å². The first-order chi connectivity index (χ1) is 3.93. The molecule has 0 aromatic heterocycles. The summed E-state index contributed by atoms with van der Waals surface area (Å²) >= 11 is 1.77. The molecule has 0 amide bonds. The molecule has 9 heavy (non-hydrogen) atoms. The molecule has 0 saturated heterocycles. The van der Waals surface area contributed by atoms with Crippen molar-refractivity contribution >= 4 is 34.8 Å². The maximum Gasteiger partial charge on any atom is 2.00 e. The average Bonchev–Trinajstić information content (AvgIpc) is 1.90. The van der Waals surface area contributed by atoms with Crippen LogP contribution in [0.3, 0.4) is 0 Å². The quantitative estimate of drug-likeness (QED) is 0.434. The van der Waals surface area contributed by atoms with Crippen molar-refractivity contribution in [2.75, 3.05) is 6.26 Å². The molecule has 42 valence electrons. The van der Waals surface area contributed by atoms with Gasteiger partial charge in [0.05, 0.1) is 0 Å². The monoisotopic (exact) mass is 148 g/mol. The molecule has 0 fully saturated rings. The molecule has 0 radical (unpaired) electrons. The minimum absolute atomic E-state index is 0. The third-order valence-electron chi connectivity index (χ3n) is 0.979. The van der Waals surface area contributed by atoms with Crippen LogP contribution in [0.1, 0.15) is 0 Å². The number of rotatable bonds is 1. The van der Waals surface area contributed by atoms with Gasteiger partial charge in [-0.25, -0.2) is 0 Å². The van der Waals surface area contributed by atoms with E-state index in [0.29, 0.717) is 0 Å². The zero-order valence-corrected chi connectivity index (χ0v) is 7.73. The Balaban J connectivity index is 0.000000640. The van der Waals surface area contributed by atoms with E-state index in [4.69, 9.17) is 0 Å². The van der Waals surface area contributed by atoms with Crippen molar-refractivity contribution in [2.45, 2.75) is 4.90 Å². The van der Waals surface area contributed by atoms with E-state index in [9.17, 15) is 0 Å². The Morgan fingerprint density at radius 3 is 2.00 bits per heavy atom. The summed E-state index contributed by atoms with van der Waals surface area (Å²) in [4.78, 5) is 1.33. The Kier molecular flexibility index (Phi) is 5.34. The van der Waals surface area contributed by atoms with Crippen LogP contribution < -0.4 is 0 Å². The van der Waals surface area contributed by atoms with E-state index in [1.165, 1.54) is 4.90 Å². The molecular formula is C7H8MgS+2. The predicted octanol–water partition coefficient (Wildman–Crippen LogP) is 2.03. The molecule has 1 rings (SSSR count). The molecule has 0 atom stereocenters. The first kappa shape index (κ1) is 9.34. The van der Waals surface area contributed by atoms with Gasteiger partial charge in [-0.05, 0) is 18.4 Å². The molecule has 0 aliphatic rings. The fraction of sp³-hybridized carbons (Fsp3) is 0.143. The molecule has 0 bridgehead atoms. The summed E-state index contributed by atoms with van der Waals surface area (Å²) in [6.07, 6.45) is 2.08. The van der Waals surface area contributed by atoms with E-state index in [2.05, 4.69) is 18.4 Å². The first-order valence-corrected chi connectivity index (χ1v) is 3.75. The minimum atomic E-state index is 0. The number of thioether (sulfide) groups is 1. The Morgan fingerprint density at radius 1 is 1.11 bits per heavy atom. The van der Waals surface area contributed by atoms with Gasteiger partial charge in [-0.2, -0.15) is 0 Å². The maximum atomic E-state index is 2.10. The van der Waals surface area contributed by atoms with Crippen molar-refractivity contribution in [1.82, 2.24) is 0 Å². The number of hydrogen-bond donors (Lipinski definition) is 0. The molecule has 1 aromatic rings. The van der Waals surface area contributed by atoms with Gasteiger partial charge < -0.3 is 0 Å². The Labute approximate surface area is 76.2 Å².